The van der Waals surface area contributed by atoms with E-state index in [2.05, 4.69) is 20.2 Å². The number of benzene rings is 3. The van der Waals surface area contributed by atoms with Crippen LogP contribution in [0.25, 0.3) is 27.5 Å². The van der Waals surface area contributed by atoms with Crippen LogP contribution in [-0.4, -0.2) is 81.4 Å². The molecule has 0 bridgehead atoms. The summed E-state index contributed by atoms with van der Waals surface area (Å²) in [5.41, 5.74) is -1.69. The first kappa shape index (κ1) is 44.9. The molecular formula is C41H39ClF7N9O5S. The van der Waals surface area contributed by atoms with Crippen molar-refractivity contribution >= 4 is 60.8 Å². The first-order valence-electron chi connectivity index (χ1n) is 19.9. The molecule has 23 heteroatoms. The van der Waals surface area contributed by atoms with E-state index in [0.29, 0.717) is 37.7 Å². The van der Waals surface area contributed by atoms with Crippen molar-refractivity contribution in [1.29, 1.82) is 0 Å². The quantitative estimate of drug-likeness (QED) is 0.115. The summed E-state index contributed by atoms with van der Waals surface area (Å²) in [6.45, 7) is 2.86. The van der Waals surface area contributed by atoms with Crippen LogP contribution in [0, 0.1) is 11.6 Å². The number of amides is 1. The Morgan fingerprint density at radius 1 is 0.969 bits per heavy atom. The third-order valence-electron chi connectivity index (χ3n) is 10.7. The number of hydrogen-bond acceptors (Lipinski definition) is 9. The molecule has 1 saturated heterocycles. The zero-order valence-electron chi connectivity index (χ0n) is 34.1. The van der Waals surface area contributed by atoms with Gasteiger partial charge in [-0.2, -0.15) is 23.4 Å². The second-order valence-electron chi connectivity index (χ2n) is 16.0. The molecule has 6 aromatic rings. The van der Waals surface area contributed by atoms with Gasteiger partial charge in [-0.3, -0.25) is 28.2 Å². The van der Waals surface area contributed by atoms with Crippen molar-refractivity contribution in [3.05, 3.63) is 104 Å². The molecule has 1 saturated carbocycles. The molecule has 0 spiro atoms. The Balaban J connectivity index is 1.37. The number of hydrogen-bond donors (Lipinski definition) is 2. The molecule has 3 atom stereocenters. The molecule has 0 radical (unpaired) electrons. The first-order valence-corrected chi connectivity index (χ1v) is 22.2. The van der Waals surface area contributed by atoms with Gasteiger partial charge in [0.1, 0.15) is 30.5 Å². The summed E-state index contributed by atoms with van der Waals surface area (Å²) >= 11 is 6.60. The molecule has 3 aromatic heterocycles. The number of sulfonamides is 1. The number of anilines is 2. The van der Waals surface area contributed by atoms with E-state index in [9.17, 15) is 43.9 Å². The van der Waals surface area contributed by atoms with Crippen molar-refractivity contribution in [2.24, 2.45) is 0 Å². The monoisotopic (exact) mass is 937 g/mol. The molecule has 14 nitrogen and oxygen atoms in total. The lowest BCUT2D eigenvalue weighted by atomic mass is 10.0. The van der Waals surface area contributed by atoms with Crippen LogP contribution in [0.2, 0.25) is 5.02 Å². The van der Waals surface area contributed by atoms with Crippen molar-refractivity contribution in [2.45, 2.75) is 83.0 Å². The molecule has 1 aliphatic carbocycles. The van der Waals surface area contributed by atoms with E-state index in [4.69, 9.17) is 21.3 Å². The van der Waals surface area contributed by atoms with Gasteiger partial charge in [0.2, 0.25) is 15.9 Å². The van der Waals surface area contributed by atoms with Crippen molar-refractivity contribution in [1.82, 2.24) is 34.4 Å². The Hall–Kier alpha value is -5.74. The fourth-order valence-corrected chi connectivity index (χ4v) is 8.88. The Morgan fingerprint density at radius 2 is 1.66 bits per heavy atom. The van der Waals surface area contributed by atoms with Crippen LogP contribution in [0.1, 0.15) is 61.4 Å². The fourth-order valence-electron chi connectivity index (χ4n) is 8.15. The van der Waals surface area contributed by atoms with Gasteiger partial charge in [-0.05, 0) is 80.8 Å². The topological polar surface area (TPSA) is 158 Å². The Bertz CT molecular complexity index is 2940. The lowest BCUT2D eigenvalue weighted by Gasteiger charge is -2.37. The van der Waals surface area contributed by atoms with E-state index in [1.165, 1.54) is 18.2 Å². The summed E-state index contributed by atoms with van der Waals surface area (Å²) < 4.78 is 135. The number of nitrogens with one attached hydrogen (secondary N) is 2. The molecule has 64 heavy (non-hydrogen) atoms. The lowest BCUT2D eigenvalue weighted by molar-refractivity contribution is -0.141. The SMILES string of the molecule is C[C@@H]1CN(c2ccc3c(=O)n(-c4ccc(Cl)c5c(NS(C)(=O)=O)nn(CC(F)F)c45)c([C@H](Cc4cc(F)cc(F)c4)NC(=O)Cn4nc(C(F)(F)F)cc4C4CC4)nc3c2)C[C@H](C)O1. The van der Waals surface area contributed by atoms with Crippen molar-refractivity contribution in [3.8, 4) is 5.69 Å². The van der Waals surface area contributed by atoms with Gasteiger partial charge in [0.05, 0.1) is 57.0 Å². The van der Waals surface area contributed by atoms with Crippen LogP contribution in [0.5, 0.6) is 0 Å². The summed E-state index contributed by atoms with van der Waals surface area (Å²) in [6.07, 6.45) is -6.78. The zero-order valence-corrected chi connectivity index (χ0v) is 35.7. The molecular weight excluding hydrogens is 899 g/mol. The van der Waals surface area contributed by atoms with Gasteiger partial charge in [0.15, 0.2) is 11.5 Å². The van der Waals surface area contributed by atoms with Gasteiger partial charge in [0.25, 0.3) is 12.0 Å². The lowest BCUT2D eigenvalue weighted by Crippen LogP contribution is -2.45. The highest BCUT2D eigenvalue weighted by atomic mass is 35.5. The molecule has 1 amide bonds. The van der Waals surface area contributed by atoms with Crippen LogP contribution in [-0.2, 0) is 45.2 Å². The van der Waals surface area contributed by atoms with Crippen LogP contribution < -0.4 is 20.5 Å². The summed E-state index contributed by atoms with van der Waals surface area (Å²) in [5, 5.41) is 10.1. The number of alkyl halides is 5. The minimum Gasteiger partial charge on any atom is -0.372 e. The average Bonchev–Trinajstić information content (AvgIpc) is 3.84. The summed E-state index contributed by atoms with van der Waals surface area (Å²) in [7, 11) is -4.09. The predicted molar refractivity (Wildman–Crippen MR) is 222 cm³/mol. The van der Waals surface area contributed by atoms with Gasteiger partial charge < -0.3 is 15.0 Å². The third kappa shape index (κ3) is 9.53. The molecule has 0 unspecified atom stereocenters. The fraction of sp³-hybridized carbons (Fsp3) is 0.390. The van der Waals surface area contributed by atoms with Crippen LogP contribution in [0.15, 0.2) is 59.4 Å². The minimum atomic E-state index is -4.83. The predicted octanol–water partition coefficient (Wildman–Crippen LogP) is 7.11. The maximum atomic E-state index is 15.1. The minimum absolute atomic E-state index is 0.00783. The van der Waals surface area contributed by atoms with Crippen molar-refractivity contribution in [2.75, 3.05) is 29.0 Å². The number of halogens is 8. The molecule has 4 heterocycles. The third-order valence-corrected chi connectivity index (χ3v) is 11.6. The highest BCUT2D eigenvalue weighted by Gasteiger charge is 2.38. The number of morpholine rings is 1. The molecule has 1 aliphatic heterocycles. The van der Waals surface area contributed by atoms with Gasteiger partial charge in [-0.15, -0.1) is 0 Å². The first-order chi connectivity index (χ1) is 30.1. The number of aromatic nitrogens is 6. The highest BCUT2D eigenvalue weighted by Crippen LogP contribution is 2.42. The smallest absolute Gasteiger partial charge is 0.372 e. The standard InChI is InChI=1S/C41H39ClF7N9O5S/c1-20-16-55(17-21(2)63-20)26-6-7-27-29(14-26)51-39(58(40(27)60)31-9-8-28(42)36-37(31)57(18-34(45)46)53-38(36)54-64(3,61)62)30(12-22-10-24(43)13-25(44)11-22)50-35(59)19-56-32(23-4-5-23)15-33(52-56)41(47,48)49/h6-11,13-15,20-21,23,30,34H,4-5,12,16-19H2,1-3H3,(H,50,59)(H,53,54)/t20-,21+,30-/m0/s1. The molecule has 8 rings (SSSR count). The summed E-state index contributed by atoms with van der Waals surface area (Å²) in [6, 6.07) is 9.22. The number of fused-ring (bicyclic) bond motifs is 2. The second-order valence-corrected chi connectivity index (χ2v) is 18.2. The molecule has 2 N–H and O–H groups in total. The van der Waals surface area contributed by atoms with Gasteiger partial charge in [0, 0.05) is 42.9 Å². The number of ether oxygens (including phenoxy) is 1. The summed E-state index contributed by atoms with van der Waals surface area (Å²) in [5.74, 6) is -3.97. The van der Waals surface area contributed by atoms with E-state index < -0.39 is 82.8 Å². The van der Waals surface area contributed by atoms with E-state index in [1.54, 1.807) is 12.1 Å². The largest absolute Gasteiger partial charge is 0.435 e. The number of carbonyl (C=O) groups excluding carboxylic acids is 1. The van der Waals surface area contributed by atoms with E-state index in [0.717, 1.165) is 38.4 Å². The number of nitrogens with zero attached hydrogens (tertiary/aromatic N) is 7. The maximum Gasteiger partial charge on any atom is 0.435 e. The average molecular weight is 938 g/mol. The van der Waals surface area contributed by atoms with Crippen molar-refractivity contribution < 1.29 is 48.7 Å². The van der Waals surface area contributed by atoms with Crippen LogP contribution in [0.3, 0.4) is 0 Å². The van der Waals surface area contributed by atoms with E-state index >= 15 is 4.79 Å². The Morgan fingerprint density at radius 3 is 2.28 bits per heavy atom. The zero-order chi connectivity index (χ0) is 46.0. The number of carbonyl (C=O) groups is 1. The van der Waals surface area contributed by atoms with Gasteiger partial charge >= 0.3 is 6.18 Å². The molecule has 3 aromatic carbocycles. The molecule has 2 aliphatic rings. The van der Waals surface area contributed by atoms with E-state index in [-0.39, 0.29) is 67.7 Å². The van der Waals surface area contributed by atoms with Crippen LogP contribution >= 0.6 is 11.6 Å². The van der Waals surface area contributed by atoms with E-state index in [1.807, 2.05) is 18.7 Å². The van der Waals surface area contributed by atoms with Crippen LogP contribution in [0.4, 0.5) is 42.2 Å². The number of rotatable bonds is 13. The van der Waals surface area contributed by atoms with Gasteiger partial charge in [-0.25, -0.2) is 31.0 Å². The molecule has 340 valence electrons. The van der Waals surface area contributed by atoms with Gasteiger partial charge in [-0.1, -0.05) is 11.6 Å². The maximum absolute atomic E-state index is 15.1. The Kier molecular flexibility index (Phi) is 11.9. The summed E-state index contributed by atoms with van der Waals surface area (Å²) in [4.78, 5) is 36.2. The Labute approximate surface area is 365 Å². The van der Waals surface area contributed by atoms with Crippen molar-refractivity contribution in [3.63, 3.8) is 0 Å². The molecule has 2 fully saturated rings. The normalized spacial score (nSPS) is 17.7. The highest BCUT2D eigenvalue weighted by molar-refractivity contribution is 7.92. The second kappa shape index (κ2) is 17.0.